The third-order valence-electron chi connectivity index (χ3n) is 4.62. The predicted octanol–water partition coefficient (Wildman–Crippen LogP) is 2.58. The molecule has 2 aromatic heterocycles. The van der Waals surface area contributed by atoms with Crippen molar-refractivity contribution in [2.45, 2.75) is 45.4 Å². The second-order valence-corrected chi connectivity index (χ2v) is 5.94. The summed E-state index contributed by atoms with van der Waals surface area (Å²) in [4.78, 5) is 2.21. The van der Waals surface area contributed by atoms with Crippen LogP contribution in [0.2, 0.25) is 0 Å². The van der Waals surface area contributed by atoms with E-state index in [9.17, 15) is 5.26 Å². The fourth-order valence-electron chi connectivity index (χ4n) is 3.42. The Kier molecular flexibility index (Phi) is 4.56. The summed E-state index contributed by atoms with van der Waals surface area (Å²) in [6.45, 7) is 5.90. The van der Waals surface area contributed by atoms with Crippen molar-refractivity contribution in [2.75, 3.05) is 18.0 Å². The zero-order chi connectivity index (χ0) is 16.2. The zero-order valence-electron chi connectivity index (χ0n) is 13.7. The van der Waals surface area contributed by atoms with Crippen LogP contribution in [0, 0.1) is 11.3 Å². The molecule has 23 heavy (non-hydrogen) atoms. The first-order chi connectivity index (χ1) is 11.3. The van der Waals surface area contributed by atoms with Gasteiger partial charge in [0.05, 0.1) is 5.69 Å². The predicted molar refractivity (Wildman–Crippen MR) is 88.3 cm³/mol. The molecule has 1 saturated heterocycles. The highest BCUT2D eigenvalue weighted by atomic mass is 15.3. The van der Waals surface area contributed by atoms with Gasteiger partial charge in [-0.3, -0.25) is 5.10 Å². The summed E-state index contributed by atoms with van der Waals surface area (Å²) in [5, 5.41) is 25.6. The molecule has 0 aliphatic carbocycles. The topological polar surface area (TPSA) is 81.5 Å². The summed E-state index contributed by atoms with van der Waals surface area (Å²) in [7, 11) is 0. The molecule has 0 aromatic carbocycles. The minimum absolute atomic E-state index is 0.399. The normalized spacial score (nSPS) is 18.0. The monoisotopic (exact) mass is 310 g/mol. The van der Waals surface area contributed by atoms with Crippen LogP contribution < -0.4 is 4.90 Å². The molecule has 3 rings (SSSR count). The van der Waals surface area contributed by atoms with E-state index in [1.54, 1.807) is 6.20 Å². The zero-order valence-corrected chi connectivity index (χ0v) is 13.7. The summed E-state index contributed by atoms with van der Waals surface area (Å²) in [5.41, 5.74) is 3.84. The van der Waals surface area contributed by atoms with E-state index in [-0.39, 0.29) is 0 Å². The SMILES string of the molecule is CCc1nnc(N2CCCC(c3ccn[nH]3)C2)c(C#N)c1CC. The highest BCUT2D eigenvalue weighted by molar-refractivity contribution is 5.58. The van der Waals surface area contributed by atoms with Crippen molar-refractivity contribution < 1.29 is 0 Å². The molecule has 1 unspecified atom stereocenters. The standard InChI is InChI=1S/C17H22N6/c1-3-13-14(10-18)17(22-21-15(13)4-2)23-9-5-6-12(11-23)16-7-8-19-20-16/h7-8,12H,3-6,9,11H2,1-2H3,(H,19,20). The Morgan fingerprint density at radius 3 is 2.87 bits per heavy atom. The van der Waals surface area contributed by atoms with Crippen LogP contribution >= 0.6 is 0 Å². The molecule has 6 heteroatoms. The van der Waals surface area contributed by atoms with E-state index in [0.29, 0.717) is 11.5 Å². The van der Waals surface area contributed by atoms with Gasteiger partial charge in [-0.05, 0) is 37.3 Å². The summed E-state index contributed by atoms with van der Waals surface area (Å²) < 4.78 is 0. The van der Waals surface area contributed by atoms with Gasteiger partial charge in [-0.2, -0.15) is 15.5 Å². The van der Waals surface area contributed by atoms with Gasteiger partial charge in [0, 0.05) is 30.9 Å². The second kappa shape index (κ2) is 6.78. The van der Waals surface area contributed by atoms with E-state index in [2.05, 4.69) is 45.2 Å². The number of aromatic amines is 1. The van der Waals surface area contributed by atoms with Crippen molar-refractivity contribution in [1.29, 1.82) is 5.26 Å². The molecular weight excluding hydrogens is 288 g/mol. The number of hydrogen-bond acceptors (Lipinski definition) is 5. The molecule has 1 N–H and O–H groups in total. The average Bonchev–Trinajstić information content (AvgIpc) is 3.15. The molecule has 0 saturated carbocycles. The molecular formula is C17H22N6. The maximum atomic E-state index is 9.67. The number of nitrogens with one attached hydrogen (secondary N) is 1. The van der Waals surface area contributed by atoms with Crippen molar-refractivity contribution in [3.05, 3.63) is 34.8 Å². The van der Waals surface area contributed by atoms with Gasteiger partial charge in [-0.15, -0.1) is 5.10 Å². The molecule has 0 bridgehead atoms. The van der Waals surface area contributed by atoms with Crippen LogP contribution in [0.4, 0.5) is 5.82 Å². The first-order valence-corrected chi connectivity index (χ1v) is 8.31. The first-order valence-electron chi connectivity index (χ1n) is 8.31. The van der Waals surface area contributed by atoms with Gasteiger partial charge < -0.3 is 4.90 Å². The van der Waals surface area contributed by atoms with E-state index in [1.165, 1.54) is 0 Å². The summed E-state index contributed by atoms with van der Waals surface area (Å²) >= 11 is 0. The van der Waals surface area contributed by atoms with Crippen LogP contribution in [0.15, 0.2) is 12.3 Å². The number of anilines is 1. The molecule has 2 aromatic rings. The van der Waals surface area contributed by atoms with Crippen LogP contribution in [0.25, 0.3) is 0 Å². The van der Waals surface area contributed by atoms with Crippen LogP contribution in [0.5, 0.6) is 0 Å². The van der Waals surface area contributed by atoms with Crippen LogP contribution in [-0.4, -0.2) is 33.5 Å². The third kappa shape index (κ3) is 2.91. The molecule has 1 aliphatic rings. The van der Waals surface area contributed by atoms with E-state index >= 15 is 0 Å². The van der Waals surface area contributed by atoms with E-state index < -0.39 is 0 Å². The van der Waals surface area contributed by atoms with Crippen LogP contribution in [0.1, 0.15) is 55.1 Å². The Hall–Kier alpha value is -2.42. The number of aryl methyl sites for hydroxylation is 1. The highest BCUT2D eigenvalue weighted by Gasteiger charge is 2.26. The van der Waals surface area contributed by atoms with Crippen LogP contribution in [-0.2, 0) is 12.8 Å². The summed E-state index contributed by atoms with van der Waals surface area (Å²) in [6, 6.07) is 4.40. The molecule has 0 radical (unpaired) electrons. The van der Waals surface area contributed by atoms with Gasteiger partial charge in [0.25, 0.3) is 0 Å². The highest BCUT2D eigenvalue weighted by Crippen LogP contribution is 2.31. The maximum absolute atomic E-state index is 9.67. The Morgan fingerprint density at radius 1 is 1.35 bits per heavy atom. The summed E-state index contributed by atoms with van der Waals surface area (Å²) in [5.74, 6) is 1.14. The number of aromatic nitrogens is 4. The summed E-state index contributed by atoms with van der Waals surface area (Å²) in [6.07, 6.45) is 5.61. The van der Waals surface area contributed by atoms with Crippen molar-refractivity contribution in [2.24, 2.45) is 0 Å². The molecule has 1 aliphatic heterocycles. The van der Waals surface area contributed by atoms with Gasteiger partial charge in [0.2, 0.25) is 0 Å². The molecule has 1 fully saturated rings. The quantitative estimate of drug-likeness (QED) is 0.938. The molecule has 1 atom stereocenters. The number of piperidine rings is 1. The average molecular weight is 310 g/mol. The largest absolute Gasteiger partial charge is 0.353 e. The number of nitrogens with zero attached hydrogens (tertiary/aromatic N) is 5. The maximum Gasteiger partial charge on any atom is 0.169 e. The van der Waals surface area contributed by atoms with E-state index in [4.69, 9.17) is 0 Å². The first kappa shape index (κ1) is 15.5. The number of hydrogen-bond donors (Lipinski definition) is 1. The molecule has 6 nitrogen and oxygen atoms in total. The lowest BCUT2D eigenvalue weighted by molar-refractivity contribution is 0.496. The molecule has 0 spiro atoms. The van der Waals surface area contributed by atoms with Crippen molar-refractivity contribution >= 4 is 5.82 Å². The fraction of sp³-hybridized carbons (Fsp3) is 0.529. The Bertz CT molecular complexity index is 701. The van der Waals surface area contributed by atoms with Crippen molar-refractivity contribution in [3.8, 4) is 6.07 Å². The molecule has 120 valence electrons. The Labute approximate surface area is 136 Å². The minimum atomic E-state index is 0.399. The smallest absolute Gasteiger partial charge is 0.169 e. The van der Waals surface area contributed by atoms with E-state index in [0.717, 1.165) is 61.5 Å². The number of H-pyrrole nitrogens is 1. The van der Waals surface area contributed by atoms with Gasteiger partial charge in [-0.1, -0.05) is 13.8 Å². The Balaban J connectivity index is 1.93. The number of nitriles is 1. The van der Waals surface area contributed by atoms with Gasteiger partial charge >= 0.3 is 0 Å². The fourth-order valence-corrected chi connectivity index (χ4v) is 3.42. The number of rotatable bonds is 4. The third-order valence-corrected chi connectivity index (χ3v) is 4.62. The molecule has 3 heterocycles. The minimum Gasteiger partial charge on any atom is -0.353 e. The van der Waals surface area contributed by atoms with E-state index in [1.807, 2.05) is 6.07 Å². The Morgan fingerprint density at radius 2 is 2.22 bits per heavy atom. The lowest BCUT2D eigenvalue weighted by Crippen LogP contribution is -2.36. The van der Waals surface area contributed by atoms with Gasteiger partial charge in [-0.25, -0.2) is 0 Å². The lowest BCUT2D eigenvalue weighted by Gasteiger charge is -2.33. The van der Waals surface area contributed by atoms with Gasteiger partial charge in [0.15, 0.2) is 5.82 Å². The van der Waals surface area contributed by atoms with Crippen molar-refractivity contribution in [3.63, 3.8) is 0 Å². The van der Waals surface area contributed by atoms with Crippen molar-refractivity contribution in [1.82, 2.24) is 20.4 Å². The lowest BCUT2D eigenvalue weighted by atomic mass is 9.94. The van der Waals surface area contributed by atoms with Crippen LogP contribution in [0.3, 0.4) is 0 Å². The van der Waals surface area contributed by atoms with Gasteiger partial charge in [0.1, 0.15) is 11.6 Å². The molecule has 0 amide bonds. The second-order valence-electron chi connectivity index (χ2n) is 5.94.